The maximum atomic E-state index is 12.1. The Hall–Kier alpha value is -2.15. The second-order valence-electron chi connectivity index (χ2n) is 6.42. The van der Waals surface area contributed by atoms with E-state index in [0.717, 1.165) is 19.3 Å². The molecule has 1 aromatic carbocycles. The third kappa shape index (κ3) is 3.14. The van der Waals surface area contributed by atoms with Crippen LogP contribution in [0, 0.1) is 27.9 Å². The number of rotatable bonds is 5. The average Bonchev–Trinajstić information content (AvgIpc) is 3.14. The molecule has 124 valence electrons. The quantitative estimate of drug-likeness (QED) is 0.568. The van der Waals surface area contributed by atoms with E-state index >= 15 is 0 Å². The number of nitrogens with zero attached hydrogens (tertiary/aromatic N) is 1. The van der Waals surface area contributed by atoms with Gasteiger partial charge in [0.15, 0.2) is 0 Å². The summed E-state index contributed by atoms with van der Waals surface area (Å²) in [6, 6.07) is 6.03. The van der Waals surface area contributed by atoms with Gasteiger partial charge < -0.3 is 15.7 Å². The highest BCUT2D eigenvalue weighted by molar-refractivity contribution is 5.74. The Balaban J connectivity index is 1.57. The number of para-hydroxylation sites is 1. The van der Waals surface area contributed by atoms with Crippen LogP contribution in [0.3, 0.4) is 0 Å². The number of aliphatic hydroxyl groups excluding tert-OH is 1. The van der Waals surface area contributed by atoms with Gasteiger partial charge in [0.05, 0.1) is 11.5 Å². The maximum absolute atomic E-state index is 12.1. The van der Waals surface area contributed by atoms with Crippen molar-refractivity contribution >= 4 is 11.7 Å². The summed E-state index contributed by atoms with van der Waals surface area (Å²) in [6.45, 7) is 0.198. The number of carbonyl (C=O) groups excluding carboxylic acids is 1. The number of aliphatic hydroxyl groups is 1. The predicted molar refractivity (Wildman–Crippen MR) is 83.7 cm³/mol. The molecule has 2 aliphatic rings. The van der Waals surface area contributed by atoms with Gasteiger partial charge in [-0.15, -0.1) is 0 Å². The molecule has 0 saturated heterocycles. The van der Waals surface area contributed by atoms with Crippen LogP contribution in [-0.2, 0) is 6.54 Å². The minimum atomic E-state index is -0.452. The van der Waals surface area contributed by atoms with Crippen molar-refractivity contribution in [2.45, 2.75) is 31.8 Å². The first-order valence-corrected chi connectivity index (χ1v) is 7.97. The molecule has 0 spiro atoms. The molecule has 4 unspecified atom stereocenters. The second-order valence-corrected chi connectivity index (χ2v) is 6.42. The largest absolute Gasteiger partial charge is 0.396 e. The zero-order valence-electron chi connectivity index (χ0n) is 12.8. The summed E-state index contributed by atoms with van der Waals surface area (Å²) in [6.07, 6.45) is 3.29. The molecule has 0 radical (unpaired) electrons. The molecule has 2 saturated carbocycles. The van der Waals surface area contributed by atoms with Crippen LogP contribution in [0.15, 0.2) is 24.3 Å². The molecule has 2 amide bonds. The summed E-state index contributed by atoms with van der Waals surface area (Å²) in [5.41, 5.74) is 0.472. The normalized spacial score (nSPS) is 28.6. The van der Waals surface area contributed by atoms with E-state index < -0.39 is 4.92 Å². The molecule has 7 nitrogen and oxygen atoms in total. The van der Waals surface area contributed by atoms with Crippen LogP contribution in [0.4, 0.5) is 10.5 Å². The summed E-state index contributed by atoms with van der Waals surface area (Å²) in [5, 5.41) is 26.1. The maximum Gasteiger partial charge on any atom is 0.315 e. The van der Waals surface area contributed by atoms with Gasteiger partial charge in [-0.3, -0.25) is 10.1 Å². The van der Waals surface area contributed by atoms with Gasteiger partial charge in [0.1, 0.15) is 0 Å². The number of hydrogen-bond donors (Lipinski definition) is 3. The Morgan fingerprint density at radius 2 is 2.04 bits per heavy atom. The van der Waals surface area contributed by atoms with E-state index in [9.17, 15) is 20.0 Å². The van der Waals surface area contributed by atoms with Gasteiger partial charge in [-0.05, 0) is 31.1 Å². The van der Waals surface area contributed by atoms with Gasteiger partial charge in [0.25, 0.3) is 5.69 Å². The Morgan fingerprint density at radius 1 is 1.30 bits per heavy atom. The molecule has 2 fully saturated rings. The number of nitro benzene ring substituents is 1. The molecular formula is C16H21N3O4. The van der Waals surface area contributed by atoms with Crippen LogP contribution in [0.2, 0.25) is 0 Å². The second kappa shape index (κ2) is 6.54. The van der Waals surface area contributed by atoms with Crippen LogP contribution in [0.1, 0.15) is 24.8 Å². The number of carbonyl (C=O) groups is 1. The molecule has 0 aliphatic heterocycles. The third-order valence-corrected chi connectivity index (χ3v) is 5.22. The Labute approximate surface area is 134 Å². The lowest BCUT2D eigenvalue weighted by molar-refractivity contribution is -0.385. The van der Waals surface area contributed by atoms with Crippen LogP contribution >= 0.6 is 0 Å². The first kappa shape index (κ1) is 15.7. The minimum Gasteiger partial charge on any atom is -0.396 e. The van der Waals surface area contributed by atoms with Crippen molar-refractivity contribution in [2.75, 3.05) is 6.61 Å². The van der Waals surface area contributed by atoms with Crippen LogP contribution in [0.5, 0.6) is 0 Å². The number of urea groups is 1. The van der Waals surface area contributed by atoms with Gasteiger partial charge in [0.2, 0.25) is 0 Å². The fourth-order valence-electron chi connectivity index (χ4n) is 4.11. The van der Waals surface area contributed by atoms with E-state index in [1.165, 1.54) is 6.07 Å². The van der Waals surface area contributed by atoms with Gasteiger partial charge in [-0.1, -0.05) is 18.2 Å². The summed E-state index contributed by atoms with van der Waals surface area (Å²) >= 11 is 0. The zero-order valence-corrected chi connectivity index (χ0v) is 12.8. The molecule has 4 atom stereocenters. The van der Waals surface area contributed by atoms with E-state index in [4.69, 9.17) is 0 Å². The third-order valence-electron chi connectivity index (χ3n) is 5.22. The Bertz CT molecular complexity index is 607. The highest BCUT2D eigenvalue weighted by Gasteiger charge is 2.47. The van der Waals surface area contributed by atoms with E-state index in [1.54, 1.807) is 18.2 Å². The van der Waals surface area contributed by atoms with Crippen molar-refractivity contribution in [3.8, 4) is 0 Å². The monoisotopic (exact) mass is 319 g/mol. The molecule has 3 rings (SSSR count). The number of nitro groups is 1. The van der Waals surface area contributed by atoms with Crippen molar-refractivity contribution in [1.29, 1.82) is 0 Å². The van der Waals surface area contributed by atoms with E-state index in [2.05, 4.69) is 10.6 Å². The lowest BCUT2D eigenvalue weighted by Gasteiger charge is -2.30. The van der Waals surface area contributed by atoms with Crippen LogP contribution in [0.25, 0.3) is 0 Å². The molecule has 23 heavy (non-hydrogen) atoms. The standard InChI is InChI=1S/C16H21N3O4/c20-9-13-10-5-6-11(7-10)15(13)18-16(21)17-8-12-3-1-2-4-14(12)19(22)23/h1-4,10-11,13,15,20H,5-9H2,(H2,17,18,21). The number of amides is 2. The summed E-state index contributed by atoms with van der Waals surface area (Å²) in [7, 11) is 0. The summed E-state index contributed by atoms with van der Waals surface area (Å²) in [4.78, 5) is 22.6. The van der Waals surface area contributed by atoms with Gasteiger partial charge in [-0.25, -0.2) is 4.79 Å². The molecular weight excluding hydrogens is 298 g/mol. The average molecular weight is 319 g/mol. The molecule has 3 N–H and O–H groups in total. The Kier molecular flexibility index (Phi) is 4.47. The van der Waals surface area contributed by atoms with Gasteiger partial charge in [-0.2, -0.15) is 0 Å². The van der Waals surface area contributed by atoms with Crippen molar-refractivity contribution in [1.82, 2.24) is 10.6 Å². The van der Waals surface area contributed by atoms with Gasteiger partial charge >= 0.3 is 6.03 Å². The lowest BCUT2D eigenvalue weighted by Crippen LogP contribution is -2.48. The Morgan fingerprint density at radius 3 is 2.78 bits per heavy atom. The number of fused-ring (bicyclic) bond motifs is 2. The molecule has 7 heteroatoms. The van der Waals surface area contributed by atoms with E-state index in [0.29, 0.717) is 17.4 Å². The highest BCUT2D eigenvalue weighted by Crippen LogP contribution is 2.48. The predicted octanol–water partition coefficient (Wildman–Crippen LogP) is 1.80. The fraction of sp³-hybridized carbons (Fsp3) is 0.562. The van der Waals surface area contributed by atoms with E-state index in [1.807, 2.05) is 0 Å². The molecule has 0 heterocycles. The number of nitrogens with one attached hydrogen (secondary N) is 2. The van der Waals surface area contributed by atoms with Crippen molar-refractivity contribution < 1.29 is 14.8 Å². The lowest BCUT2D eigenvalue weighted by atomic mass is 9.85. The van der Waals surface area contributed by atoms with Crippen molar-refractivity contribution in [3.05, 3.63) is 39.9 Å². The van der Waals surface area contributed by atoms with E-state index in [-0.39, 0.29) is 36.8 Å². The smallest absolute Gasteiger partial charge is 0.315 e. The van der Waals surface area contributed by atoms with Crippen LogP contribution in [-0.4, -0.2) is 28.7 Å². The van der Waals surface area contributed by atoms with Crippen LogP contribution < -0.4 is 10.6 Å². The highest BCUT2D eigenvalue weighted by atomic mass is 16.6. The molecule has 1 aromatic rings. The molecule has 0 aromatic heterocycles. The summed E-state index contributed by atoms with van der Waals surface area (Å²) < 4.78 is 0. The zero-order chi connectivity index (χ0) is 16.4. The first-order valence-electron chi connectivity index (χ1n) is 7.97. The first-order chi connectivity index (χ1) is 11.1. The topological polar surface area (TPSA) is 104 Å². The number of benzene rings is 1. The summed E-state index contributed by atoms with van der Waals surface area (Å²) in [5.74, 6) is 1.07. The number of hydrogen-bond acceptors (Lipinski definition) is 4. The van der Waals surface area contributed by atoms with Crippen molar-refractivity contribution in [2.24, 2.45) is 17.8 Å². The fourth-order valence-corrected chi connectivity index (χ4v) is 4.11. The van der Waals surface area contributed by atoms with Crippen molar-refractivity contribution in [3.63, 3.8) is 0 Å². The SMILES string of the molecule is O=C(NCc1ccccc1[N+](=O)[O-])NC1C2CCC(C2)C1CO. The van der Waals surface area contributed by atoms with Gasteiger partial charge in [0, 0.05) is 30.2 Å². The molecule has 2 bridgehead atoms. The molecule has 2 aliphatic carbocycles. The minimum absolute atomic E-state index is 0.000887.